The van der Waals surface area contributed by atoms with E-state index >= 15 is 0 Å². The molecule has 0 aliphatic rings. The van der Waals surface area contributed by atoms with Crippen LogP contribution in [0.15, 0.2) is 42.5 Å². The lowest BCUT2D eigenvalue weighted by atomic mass is 10.0. The summed E-state index contributed by atoms with van der Waals surface area (Å²) in [6.45, 7) is 10.4. The van der Waals surface area contributed by atoms with Crippen molar-refractivity contribution in [3.63, 3.8) is 0 Å². The van der Waals surface area contributed by atoms with E-state index in [0.29, 0.717) is 42.6 Å². The van der Waals surface area contributed by atoms with E-state index in [-0.39, 0.29) is 38.4 Å². The zero-order chi connectivity index (χ0) is 36.7. The molecule has 0 saturated carbocycles. The van der Waals surface area contributed by atoms with Gasteiger partial charge in [0, 0.05) is 52.6 Å². The first-order valence-corrected chi connectivity index (χ1v) is 19.7. The molecule has 8 nitrogen and oxygen atoms in total. The van der Waals surface area contributed by atoms with Crippen molar-refractivity contribution in [3.05, 3.63) is 47.5 Å². The molecule has 3 aromatic carbocycles. The monoisotopic (exact) mass is 728 g/mol. The fourth-order valence-electron chi connectivity index (χ4n) is 5.79. The first kappa shape index (κ1) is 42.3. The number of carbonyl (C=O) groups excluding carboxylic acids is 2. The molecule has 0 N–H and O–H groups in total. The molecule has 0 aliphatic heterocycles. The Bertz CT molecular complexity index is 1440. The van der Waals surface area contributed by atoms with Crippen LogP contribution in [0.2, 0.25) is 5.02 Å². The lowest BCUT2D eigenvalue weighted by Crippen LogP contribution is -2.30. The van der Waals surface area contributed by atoms with Crippen LogP contribution in [0.4, 0.5) is 0 Å². The molecule has 0 fully saturated rings. The van der Waals surface area contributed by atoms with E-state index < -0.39 is 12.2 Å². The minimum absolute atomic E-state index is 0.115. The van der Waals surface area contributed by atoms with Gasteiger partial charge in [0.25, 0.3) is 0 Å². The lowest BCUT2D eigenvalue weighted by molar-refractivity contribution is -0.155. The van der Waals surface area contributed by atoms with Gasteiger partial charge in [0.2, 0.25) is 0 Å². The molecule has 51 heavy (non-hydrogen) atoms. The molecule has 3 rings (SSSR count). The number of halogens is 1. The second-order valence-electron chi connectivity index (χ2n) is 13.2. The summed E-state index contributed by atoms with van der Waals surface area (Å²) in [5, 5.41) is 3.76. The number of hydrogen-bond donors (Lipinski definition) is 0. The maximum absolute atomic E-state index is 12.7. The molecule has 0 aromatic heterocycles. The van der Waals surface area contributed by atoms with Crippen LogP contribution < -0.4 is 9.47 Å². The number of hydrogen-bond acceptors (Lipinski definition) is 8. The summed E-state index contributed by atoms with van der Waals surface area (Å²) in [7, 11) is 0. The van der Waals surface area contributed by atoms with Crippen LogP contribution in [0.1, 0.15) is 118 Å². The summed E-state index contributed by atoms with van der Waals surface area (Å²) in [6.07, 6.45) is 11.7. The average Bonchev–Trinajstić information content (AvgIpc) is 3.13. The Balaban J connectivity index is 1.87. The number of carbonyl (C=O) groups is 2. The van der Waals surface area contributed by atoms with E-state index in [2.05, 4.69) is 13.8 Å². The Hall–Kier alpha value is -3.07. The van der Waals surface area contributed by atoms with Crippen molar-refractivity contribution < 1.29 is 38.0 Å². The van der Waals surface area contributed by atoms with Gasteiger partial charge in [-0.3, -0.25) is 9.59 Å². The van der Waals surface area contributed by atoms with Crippen LogP contribution in [0.3, 0.4) is 0 Å². The third-order valence-corrected chi connectivity index (χ3v) is 8.91. The molecule has 0 aliphatic carbocycles. The Labute approximate surface area is 310 Å². The van der Waals surface area contributed by atoms with Gasteiger partial charge < -0.3 is 28.4 Å². The minimum Gasteiger partial charge on any atom is -0.488 e. The fourth-order valence-corrected chi connectivity index (χ4v) is 5.96. The Morgan fingerprint density at radius 1 is 0.549 bits per heavy atom. The lowest BCUT2D eigenvalue weighted by Gasteiger charge is -2.23. The van der Waals surface area contributed by atoms with Crippen molar-refractivity contribution in [2.75, 3.05) is 39.6 Å². The maximum atomic E-state index is 12.7. The van der Waals surface area contributed by atoms with Crippen molar-refractivity contribution in [1.29, 1.82) is 0 Å². The topological polar surface area (TPSA) is 89.5 Å². The Morgan fingerprint density at radius 3 is 1.47 bits per heavy atom. The molecule has 3 aromatic rings. The van der Waals surface area contributed by atoms with Crippen LogP contribution in [-0.2, 0) is 28.5 Å². The highest BCUT2D eigenvalue weighted by Gasteiger charge is 2.22. The molecule has 0 heterocycles. The first-order valence-electron chi connectivity index (χ1n) is 19.4. The Morgan fingerprint density at radius 2 is 1.00 bits per heavy atom. The van der Waals surface area contributed by atoms with Crippen molar-refractivity contribution in [3.8, 4) is 11.5 Å². The van der Waals surface area contributed by atoms with Gasteiger partial charge >= 0.3 is 11.9 Å². The van der Waals surface area contributed by atoms with Gasteiger partial charge in [-0.15, -0.1) is 0 Å². The zero-order valence-corrected chi connectivity index (χ0v) is 32.2. The van der Waals surface area contributed by atoms with E-state index in [0.717, 1.165) is 85.8 Å². The van der Waals surface area contributed by atoms with Crippen LogP contribution in [0.25, 0.3) is 21.5 Å². The normalized spacial score (nSPS) is 12.6. The van der Waals surface area contributed by atoms with E-state index in [1.165, 1.54) is 12.8 Å². The van der Waals surface area contributed by atoms with Crippen LogP contribution in [-0.4, -0.2) is 63.8 Å². The van der Waals surface area contributed by atoms with Crippen molar-refractivity contribution >= 4 is 45.1 Å². The summed E-state index contributed by atoms with van der Waals surface area (Å²) in [4.78, 5) is 25.3. The molecule has 0 amide bonds. The number of rotatable bonds is 28. The number of benzene rings is 3. The number of ether oxygens (including phenoxy) is 6. The highest BCUT2D eigenvalue weighted by atomic mass is 35.5. The van der Waals surface area contributed by atoms with Crippen LogP contribution in [0.5, 0.6) is 11.5 Å². The molecular weight excluding hydrogens is 668 g/mol. The van der Waals surface area contributed by atoms with Gasteiger partial charge in [-0.2, -0.15) is 0 Å². The van der Waals surface area contributed by atoms with Gasteiger partial charge in [0.15, 0.2) is 12.2 Å². The average molecular weight is 729 g/mol. The zero-order valence-electron chi connectivity index (χ0n) is 31.5. The fraction of sp³-hybridized carbons (Fsp3) is 0.619. The number of unbranched alkanes of at least 4 members (excludes halogenated alkanes) is 8. The highest BCUT2D eigenvalue weighted by molar-refractivity contribution is 6.31. The standard InChI is InChI=1S/C42H61ClO8/c1-5-9-13-17-25-46-28-33(50-39(44)21-11-7-3)30-48-41-35-19-15-16-20-36(35)42(38-27-32(43)23-24-37(38)41)49-31-34(51-40(45)22-12-8-4)29-47-26-18-14-10-6-2/h15-16,19-20,23-24,27,33-34H,5-14,17-18,21-22,25-26,28-31H2,1-4H3. The van der Waals surface area contributed by atoms with Gasteiger partial charge in [-0.05, 0) is 43.9 Å². The predicted molar refractivity (Wildman–Crippen MR) is 206 cm³/mol. The molecule has 0 bridgehead atoms. The van der Waals surface area contributed by atoms with Crippen LogP contribution in [0, 0.1) is 0 Å². The highest BCUT2D eigenvalue weighted by Crippen LogP contribution is 2.44. The first-order chi connectivity index (χ1) is 24.9. The Kier molecular flexibility index (Phi) is 20.8. The molecule has 2 atom stereocenters. The van der Waals surface area contributed by atoms with Crippen LogP contribution >= 0.6 is 11.6 Å². The number of fused-ring (bicyclic) bond motifs is 2. The third kappa shape index (κ3) is 15.2. The molecule has 0 radical (unpaired) electrons. The smallest absolute Gasteiger partial charge is 0.306 e. The predicted octanol–water partition coefficient (Wildman–Crippen LogP) is 10.8. The minimum atomic E-state index is -0.574. The van der Waals surface area contributed by atoms with Crippen molar-refractivity contribution in [2.45, 2.75) is 130 Å². The third-order valence-electron chi connectivity index (χ3n) is 8.67. The van der Waals surface area contributed by atoms with E-state index in [1.807, 2.05) is 56.3 Å². The molecular formula is C42H61ClO8. The molecule has 0 spiro atoms. The van der Waals surface area contributed by atoms with Gasteiger partial charge in [-0.1, -0.05) is 115 Å². The largest absolute Gasteiger partial charge is 0.488 e. The second kappa shape index (κ2) is 25.0. The molecule has 0 saturated heterocycles. The quantitative estimate of drug-likeness (QED) is 0.0415. The summed E-state index contributed by atoms with van der Waals surface area (Å²) in [5.74, 6) is 0.752. The van der Waals surface area contributed by atoms with Gasteiger partial charge in [-0.25, -0.2) is 0 Å². The van der Waals surface area contributed by atoms with Gasteiger partial charge in [0.1, 0.15) is 24.7 Å². The molecule has 2 unspecified atom stereocenters. The summed E-state index contributed by atoms with van der Waals surface area (Å²) >= 11 is 6.56. The van der Waals surface area contributed by atoms with E-state index in [9.17, 15) is 9.59 Å². The second-order valence-corrected chi connectivity index (χ2v) is 13.7. The van der Waals surface area contributed by atoms with E-state index in [1.54, 1.807) is 0 Å². The number of esters is 2. The summed E-state index contributed by atoms with van der Waals surface area (Å²) in [5.41, 5.74) is 0. The van der Waals surface area contributed by atoms with Crippen molar-refractivity contribution in [1.82, 2.24) is 0 Å². The molecule has 9 heteroatoms. The SMILES string of the molecule is CCCCCCOCC(COc1c2ccccc2c(OCC(COCCCCCC)OC(=O)CCCC)c2cc(Cl)ccc12)OC(=O)CCCC. The van der Waals surface area contributed by atoms with E-state index in [4.69, 9.17) is 40.0 Å². The summed E-state index contributed by atoms with van der Waals surface area (Å²) in [6, 6.07) is 13.5. The van der Waals surface area contributed by atoms with Crippen molar-refractivity contribution in [2.24, 2.45) is 0 Å². The summed E-state index contributed by atoms with van der Waals surface area (Å²) < 4.78 is 36.8. The maximum Gasteiger partial charge on any atom is 0.306 e. The van der Waals surface area contributed by atoms with Gasteiger partial charge in [0.05, 0.1) is 13.2 Å². The molecule has 284 valence electrons.